The second kappa shape index (κ2) is 7.05. The van der Waals surface area contributed by atoms with Gasteiger partial charge >= 0.3 is 0 Å². The van der Waals surface area contributed by atoms with Gasteiger partial charge in [-0.25, -0.2) is 0 Å². The fraction of sp³-hybridized carbons (Fsp3) is 0.286. The van der Waals surface area contributed by atoms with Gasteiger partial charge in [0.2, 0.25) is 0 Å². The molecule has 0 radical (unpaired) electrons. The molecule has 0 bridgehead atoms. The van der Waals surface area contributed by atoms with Crippen molar-refractivity contribution in [1.82, 2.24) is 5.32 Å². The maximum absolute atomic E-state index is 9.97. The lowest BCUT2D eigenvalue weighted by atomic mass is 10.2. The molecule has 0 spiro atoms. The van der Waals surface area contributed by atoms with Crippen LogP contribution in [0.25, 0.3) is 0 Å². The van der Waals surface area contributed by atoms with Gasteiger partial charge in [-0.2, -0.15) is 11.3 Å². The van der Waals surface area contributed by atoms with Gasteiger partial charge in [0.15, 0.2) is 0 Å². The number of rotatable bonds is 6. The van der Waals surface area contributed by atoms with E-state index in [4.69, 9.17) is 4.74 Å². The average molecular weight is 342 g/mol. The van der Waals surface area contributed by atoms with Crippen LogP contribution in [0.4, 0.5) is 0 Å². The Bertz CT molecular complexity index is 516. The highest BCUT2D eigenvalue weighted by Crippen LogP contribution is 2.22. The molecule has 2 aromatic rings. The largest absolute Gasteiger partial charge is 0.497 e. The summed E-state index contributed by atoms with van der Waals surface area (Å²) in [7, 11) is 1.65. The van der Waals surface area contributed by atoms with Gasteiger partial charge < -0.3 is 15.2 Å². The molecule has 2 N–H and O–H groups in total. The average Bonchev–Trinajstić information content (AvgIpc) is 2.95. The first-order chi connectivity index (χ1) is 9.20. The lowest BCUT2D eigenvalue weighted by Crippen LogP contribution is -2.21. The van der Waals surface area contributed by atoms with Crippen LogP contribution >= 0.6 is 27.3 Å². The molecule has 3 nitrogen and oxygen atoms in total. The van der Waals surface area contributed by atoms with Crippen molar-refractivity contribution in [3.05, 3.63) is 50.6 Å². The topological polar surface area (TPSA) is 41.5 Å². The highest BCUT2D eigenvalue weighted by atomic mass is 79.9. The normalized spacial score (nSPS) is 12.4. The van der Waals surface area contributed by atoms with E-state index in [2.05, 4.69) is 21.2 Å². The van der Waals surface area contributed by atoms with Crippen LogP contribution in [-0.2, 0) is 6.54 Å². The van der Waals surface area contributed by atoms with Gasteiger partial charge in [-0.05, 0) is 46.2 Å². The Hall–Kier alpha value is -0.880. The molecule has 0 aliphatic rings. The quantitative estimate of drug-likeness (QED) is 0.846. The van der Waals surface area contributed by atoms with E-state index in [1.807, 2.05) is 35.0 Å². The highest BCUT2D eigenvalue weighted by molar-refractivity contribution is 9.10. The fourth-order valence-corrected chi connectivity index (χ4v) is 2.83. The predicted molar refractivity (Wildman–Crippen MR) is 81.7 cm³/mol. The zero-order valence-electron chi connectivity index (χ0n) is 10.6. The van der Waals surface area contributed by atoms with E-state index in [0.717, 1.165) is 21.3 Å². The molecule has 5 heteroatoms. The number of benzene rings is 1. The Balaban J connectivity index is 1.89. The van der Waals surface area contributed by atoms with Crippen molar-refractivity contribution < 1.29 is 9.84 Å². The third-order valence-electron chi connectivity index (χ3n) is 2.83. The number of hydrogen-bond donors (Lipinski definition) is 2. The summed E-state index contributed by atoms with van der Waals surface area (Å²) >= 11 is 5.10. The van der Waals surface area contributed by atoms with E-state index < -0.39 is 6.10 Å². The zero-order chi connectivity index (χ0) is 13.7. The number of ether oxygens (including phenoxy) is 1. The van der Waals surface area contributed by atoms with Gasteiger partial charge in [-0.1, -0.05) is 15.9 Å². The molecule has 0 aliphatic heterocycles. The molecule has 2 rings (SSSR count). The molecule has 1 aromatic carbocycles. The summed E-state index contributed by atoms with van der Waals surface area (Å²) in [5.41, 5.74) is 2.07. The first-order valence-corrected chi connectivity index (χ1v) is 7.67. The monoisotopic (exact) mass is 341 g/mol. The van der Waals surface area contributed by atoms with E-state index in [9.17, 15) is 5.11 Å². The molecule has 0 saturated carbocycles. The Kier molecular flexibility index (Phi) is 5.39. The van der Waals surface area contributed by atoms with Crippen LogP contribution < -0.4 is 10.1 Å². The molecule has 0 amide bonds. The van der Waals surface area contributed by atoms with Crippen LogP contribution in [0, 0.1) is 0 Å². The molecule has 1 aromatic heterocycles. The Morgan fingerprint density at radius 3 is 2.95 bits per heavy atom. The van der Waals surface area contributed by atoms with Crippen LogP contribution in [0.5, 0.6) is 5.75 Å². The minimum atomic E-state index is -0.462. The van der Waals surface area contributed by atoms with Gasteiger partial charge in [0.1, 0.15) is 5.75 Å². The summed E-state index contributed by atoms with van der Waals surface area (Å²) < 4.78 is 6.23. The maximum atomic E-state index is 9.97. The van der Waals surface area contributed by atoms with Crippen molar-refractivity contribution in [3.63, 3.8) is 0 Å². The summed E-state index contributed by atoms with van der Waals surface area (Å²) in [5.74, 6) is 0.832. The number of nitrogens with one attached hydrogen (secondary N) is 1. The van der Waals surface area contributed by atoms with Crippen molar-refractivity contribution in [2.75, 3.05) is 13.7 Å². The minimum absolute atomic E-state index is 0.462. The summed E-state index contributed by atoms with van der Waals surface area (Å²) in [6, 6.07) is 7.80. The molecule has 1 unspecified atom stereocenters. The van der Waals surface area contributed by atoms with E-state index >= 15 is 0 Å². The van der Waals surface area contributed by atoms with Crippen LogP contribution in [-0.4, -0.2) is 18.8 Å². The standard InChI is InChI=1S/C14H16BrNO2S/c1-18-12-2-3-13(15)11(6-12)7-16-8-14(17)10-4-5-19-9-10/h2-6,9,14,16-17H,7-8H2,1H3. The molecule has 0 fully saturated rings. The number of hydrogen-bond acceptors (Lipinski definition) is 4. The van der Waals surface area contributed by atoms with Crippen molar-refractivity contribution in [1.29, 1.82) is 0 Å². The van der Waals surface area contributed by atoms with Crippen molar-refractivity contribution in [2.45, 2.75) is 12.6 Å². The van der Waals surface area contributed by atoms with Crippen LogP contribution in [0.2, 0.25) is 0 Å². The second-order valence-electron chi connectivity index (χ2n) is 4.16. The number of aliphatic hydroxyl groups is 1. The van der Waals surface area contributed by atoms with E-state index in [-0.39, 0.29) is 0 Å². The molecule has 102 valence electrons. The zero-order valence-corrected chi connectivity index (χ0v) is 13.0. The first-order valence-electron chi connectivity index (χ1n) is 5.94. The molecular weight excluding hydrogens is 326 g/mol. The third-order valence-corrected chi connectivity index (χ3v) is 4.31. The summed E-state index contributed by atoms with van der Waals surface area (Å²) in [6.07, 6.45) is -0.462. The first kappa shape index (κ1) is 14.5. The second-order valence-corrected chi connectivity index (χ2v) is 5.80. The van der Waals surface area contributed by atoms with Crippen LogP contribution in [0.3, 0.4) is 0 Å². The van der Waals surface area contributed by atoms with Crippen LogP contribution in [0.15, 0.2) is 39.5 Å². The molecule has 19 heavy (non-hydrogen) atoms. The SMILES string of the molecule is COc1ccc(Br)c(CNCC(O)c2ccsc2)c1. The van der Waals surface area contributed by atoms with E-state index in [1.54, 1.807) is 18.4 Å². The fourth-order valence-electron chi connectivity index (χ4n) is 1.74. The van der Waals surface area contributed by atoms with Gasteiger partial charge in [0.05, 0.1) is 13.2 Å². The molecule has 0 saturated heterocycles. The lowest BCUT2D eigenvalue weighted by molar-refractivity contribution is 0.175. The van der Waals surface area contributed by atoms with Gasteiger partial charge in [0, 0.05) is 17.6 Å². The summed E-state index contributed by atoms with van der Waals surface area (Å²) in [4.78, 5) is 0. The van der Waals surface area contributed by atoms with Crippen LogP contribution in [0.1, 0.15) is 17.2 Å². The highest BCUT2D eigenvalue weighted by Gasteiger charge is 2.08. The van der Waals surface area contributed by atoms with Gasteiger partial charge in [0.25, 0.3) is 0 Å². The van der Waals surface area contributed by atoms with Crippen molar-refractivity contribution >= 4 is 27.3 Å². The minimum Gasteiger partial charge on any atom is -0.497 e. The molecular formula is C14H16BrNO2S. The Morgan fingerprint density at radius 1 is 1.42 bits per heavy atom. The Labute approximate surface area is 125 Å². The number of halogens is 1. The molecule has 1 heterocycles. The molecule has 1 atom stereocenters. The van der Waals surface area contributed by atoms with Gasteiger partial charge in [-0.3, -0.25) is 0 Å². The predicted octanol–water partition coefficient (Wildman–Crippen LogP) is 3.34. The third kappa shape index (κ3) is 4.04. The van der Waals surface area contributed by atoms with Crippen molar-refractivity contribution in [2.24, 2.45) is 0 Å². The van der Waals surface area contributed by atoms with Crippen molar-refractivity contribution in [3.8, 4) is 5.75 Å². The van der Waals surface area contributed by atoms with E-state index in [0.29, 0.717) is 13.1 Å². The van der Waals surface area contributed by atoms with E-state index in [1.165, 1.54) is 0 Å². The summed E-state index contributed by atoms with van der Waals surface area (Å²) in [5, 5.41) is 17.2. The lowest BCUT2D eigenvalue weighted by Gasteiger charge is -2.12. The smallest absolute Gasteiger partial charge is 0.119 e. The number of thiophene rings is 1. The number of methoxy groups -OCH3 is 1. The Morgan fingerprint density at radius 2 is 2.26 bits per heavy atom. The number of aliphatic hydroxyl groups excluding tert-OH is 1. The molecule has 0 aliphatic carbocycles. The van der Waals surface area contributed by atoms with Gasteiger partial charge in [-0.15, -0.1) is 0 Å². The summed E-state index contributed by atoms with van der Waals surface area (Å²) in [6.45, 7) is 1.21. The maximum Gasteiger partial charge on any atom is 0.119 e.